The van der Waals surface area contributed by atoms with Gasteiger partial charge >= 0.3 is 0 Å². The Balaban J connectivity index is 1.29. The average molecular weight is 598 g/mol. The van der Waals surface area contributed by atoms with Gasteiger partial charge in [-0.25, -0.2) is 0 Å². The van der Waals surface area contributed by atoms with E-state index in [0.717, 1.165) is 37.9 Å². The molecule has 4 aromatic rings. The third-order valence-electron chi connectivity index (χ3n) is 8.89. The molecule has 1 fully saturated rings. The van der Waals surface area contributed by atoms with Crippen LogP contribution < -0.4 is 0 Å². The molecule has 4 aromatic carbocycles. The normalized spacial score (nSPS) is 23.6. The molecule has 1 saturated carbocycles. The van der Waals surface area contributed by atoms with Crippen LogP contribution in [0.25, 0.3) is 0 Å². The van der Waals surface area contributed by atoms with Gasteiger partial charge in [0.15, 0.2) is 5.78 Å². The van der Waals surface area contributed by atoms with Crippen molar-refractivity contribution in [2.75, 3.05) is 0 Å². The highest BCUT2D eigenvalue weighted by atomic mass is 79.9. The lowest BCUT2D eigenvalue weighted by Gasteiger charge is -2.41. The molecule has 1 spiro atoms. The number of benzene rings is 4. The van der Waals surface area contributed by atoms with Crippen LogP contribution in [0, 0.1) is 29.6 Å². The maximum absolute atomic E-state index is 13.8. The summed E-state index contributed by atoms with van der Waals surface area (Å²) in [7, 11) is 0. The smallest absolute Gasteiger partial charge is 0.167 e. The molecule has 4 heteroatoms. The minimum Gasteiger partial charge on any atom is -0.392 e. The van der Waals surface area contributed by atoms with E-state index in [2.05, 4.69) is 39.6 Å². The van der Waals surface area contributed by atoms with Crippen LogP contribution >= 0.6 is 15.9 Å². The van der Waals surface area contributed by atoms with Crippen molar-refractivity contribution in [3.8, 4) is 23.7 Å². The van der Waals surface area contributed by atoms with Crippen LogP contribution in [0.2, 0.25) is 0 Å². The first-order chi connectivity index (χ1) is 20.0. The number of Topliss-reactive ketones (excluding diaryl/α,β-unsaturated/α-hetero) is 2. The van der Waals surface area contributed by atoms with Gasteiger partial charge in [0.25, 0.3) is 0 Å². The molecule has 198 valence electrons. The fraction of sp³-hybridized carbons (Fsp3) is 0.189. The van der Waals surface area contributed by atoms with E-state index in [9.17, 15) is 14.7 Å². The number of carbonyl (C=O) groups excluding carboxylic acids is 2. The first-order valence-electron chi connectivity index (χ1n) is 13.8. The number of rotatable bonds is 0. The molecule has 0 unspecified atom stereocenters. The molecule has 1 N–H and O–H groups in total. The Kier molecular flexibility index (Phi) is 6.28. The molecule has 7 rings (SSSR count). The highest BCUT2D eigenvalue weighted by Gasteiger charge is 2.65. The van der Waals surface area contributed by atoms with E-state index in [4.69, 9.17) is 0 Å². The summed E-state index contributed by atoms with van der Waals surface area (Å²) < 4.78 is 0.762. The van der Waals surface area contributed by atoms with Crippen LogP contribution in [0.4, 0.5) is 0 Å². The summed E-state index contributed by atoms with van der Waals surface area (Å²) in [4.78, 5) is 27.5. The van der Waals surface area contributed by atoms with Gasteiger partial charge in [-0.1, -0.05) is 78.3 Å². The summed E-state index contributed by atoms with van der Waals surface area (Å²) >= 11 is 3.71. The summed E-state index contributed by atoms with van der Waals surface area (Å²) in [5.41, 5.74) is 5.57. The number of fused-ring (bicyclic) bond motifs is 6. The van der Waals surface area contributed by atoms with E-state index >= 15 is 0 Å². The number of ketones is 2. The summed E-state index contributed by atoms with van der Waals surface area (Å²) in [6, 6.07) is 29.3. The summed E-state index contributed by atoms with van der Waals surface area (Å²) in [6.07, 6.45) is 0.426. The van der Waals surface area contributed by atoms with Gasteiger partial charge in [0.2, 0.25) is 0 Å². The highest BCUT2D eigenvalue weighted by Crippen LogP contribution is 2.61. The van der Waals surface area contributed by atoms with Gasteiger partial charge in [0.05, 0.1) is 11.5 Å². The minimum atomic E-state index is -1.09. The molecular formula is C37H25BrO3. The van der Waals surface area contributed by atoms with Crippen LogP contribution in [0.5, 0.6) is 0 Å². The summed E-state index contributed by atoms with van der Waals surface area (Å²) in [5.74, 6) is 12.1. The molecule has 3 aliphatic carbocycles. The fourth-order valence-electron chi connectivity index (χ4n) is 7.11. The van der Waals surface area contributed by atoms with E-state index in [-0.39, 0.29) is 23.9 Å². The lowest BCUT2D eigenvalue weighted by molar-refractivity contribution is -0.129. The number of aryl methyl sites for hydroxylation is 1. The number of halogens is 1. The Morgan fingerprint density at radius 3 is 2.20 bits per heavy atom. The van der Waals surface area contributed by atoms with Crippen molar-refractivity contribution in [2.24, 2.45) is 5.92 Å². The third kappa shape index (κ3) is 4.02. The first-order valence-corrected chi connectivity index (χ1v) is 14.6. The maximum Gasteiger partial charge on any atom is 0.167 e. The quantitative estimate of drug-likeness (QED) is 0.240. The van der Waals surface area contributed by atoms with E-state index in [1.807, 2.05) is 91.0 Å². The number of hydrogen-bond donors (Lipinski definition) is 1. The maximum atomic E-state index is 13.8. The highest BCUT2D eigenvalue weighted by molar-refractivity contribution is 9.10. The zero-order valence-electron chi connectivity index (χ0n) is 22.2. The number of hydrogen-bond acceptors (Lipinski definition) is 3. The fourth-order valence-corrected chi connectivity index (χ4v) is 7.57. The number of aliphatic hydroxyl groups excluding tert-OH is 1. The molecule has 0 aromatic heterocycles. The zero-order valence-corrected chi connectivity index (χ0v) is 23.7. The lowest BCUT2D eigenvalue weighted by Crippen LogP contribution is -2.49. The van der Waals surface area contributed by atoms with Crippen molar-refractivity contribution in [3.63, 3.8) is 0 Å². The van der Waals surface area contributed by atoms with Crippen molar-refractivity contribution in [1.82, 2.24) is 0 Å². The van der Waals surface area contributed by atoms with E-state index in [0.29, 0.717) is 24.0 Å². The number of carbonyl (C=O) groups is 2. The average Bonchev–Trinajstić information content (AvgIpc) is 3.44. The van der Waals surface area contributed by atoms with E-state index in [1.165, 1.54) is 0 Å². The van der Waals surface area contributed by atoms with Crippen molar-refractivity contribution >= 4 is 27.5 Å². The van der Waals surface area contributed by atoms with Crippen LogP contribution in [-0.4, -0.2) is 22.8 Å². The molecular weight excluding hydrogens is 572 g/mol. The van der Waals surface area contributed by atoms with Gasteiger partial charge in [-0.05, 0) is 81.9 Å². The molecule has 0 amide bonds. The van der Waals surface area contributed by atoms with E-state index < -0.39 is 17.4 Å². The van der Waals surface area contributed by atoms with Gasteiger partial charge in [0, 0.05) is 50.5 Å². The molecule has 41 heavy (non-hydrogen) atoms. The molecule has 3 aliphatic rings. The second kappa shape index (κ2) is 10.0. The molecule has 0 aliphatic heterocycles. The Morgan fingerprint density at radius 2 is 1.41 bits per heavy atom. The summed E-state index contributed by atoms with van der Waals surface area (Å²) in [5, 5.41) is 11.4. The van der Waals surface area contributed by atoms with Crippen molar-refractivity contribution < 1.29 is 14.7 Å². The van der Waals surface area contributed by atoms with Crippen LogP contribution in [0.3, 0.4) is 0 Å². The van der Waals surface area contributed by atoms with Gasteiger partial charge in [0.1, 0.15) is 5.78 Å². The largest absolute Gasteiger partial charge is 0.392 e. The van der Waals surface area contributed by atoms with Gasteiger partial charge in [-0.15, -0.1) is 0 Å². The Bertz CT molecular complexity index is 1870. The van der Waals surface area contributed by atoms with Crippen LogP contribution in [0.1, 0.15) is 68.1 Å². The predicted molar refractivity (Wildman–Crippen MR) is 162 cm³/mol. The van der Waals surface area contributed by atoms with Gasteiger partial charge in [-0.3, -0.25) is 9.59 Å². The summed E-state index contributed by atoms with van der Waals surface area (Å²) in [6.45, 7) is 0. The first kappa shape index (κ1) is 25.7. The SMILES string of the molecule is O=C1c2cc(C#Cc3ccccc3C#Cc3ccccc3)c(Br)cc2[C@@H]2[C@H]1C[C@@H](O)[C@]21C(=O)CCc2ccccc21. The molecule has 0 radical (unpaired) electrons. The van der Waals surface area contributed by atoms with Gasteiger partial charge in [-0.2, -0.15) is 0 Å². The predicted octanol–water partition coefficient (Wildman–Crippen LogP) is 6.36. The lowest BCUT2D eigenvalue weighted by atomic mass is 9.60. The van der Waals surface area contributed by atoms with Crippen LogP contribution in [-0.2, 0) is 16.6 Å². The molecule has 0 saturated heterocycles. The van der Waals surface area contributed by atoms with Crippen LogP contribution in [0.15, 0.2) is 95.5 Å². The minimum absolute atomic E-state index is 0.0125. The molecule has 0 heterocycles. The molecule has 3 nitrogen and oxygen atoms in total. The van der Waals surface area contributed by atoms with Crippen molar-refractivity contribution in [1.29, 1.82) is 0 Å². The molecule has 4 atom stereocenters. The van der Waals surface area contributed by atoms with Crippen molar-refractivity contribution in [2.45, 2.75) is 36.7 Å². The number of aliphatic hydroxyl groups is 1. The molecule has 0 bridgehead atoms. The Hall–Kier alpha value is -4.22. The second-order valence-corrected chi connectivity index (χ2v) is 11.8. The monoisotopic (exact) mass is 596 g/mol. The van der Waals surface area contributed by atoms with Crippen molar-refractivity contribution in [3.05, 3.63) is 140 Å². The standard InChI is InChI=1S/C37H25BrO3/c38-32-21-28-29(20-27(32)17-16-25-11-5-4-10-24(25)15-14-23-8-2-1-3-9-23)36(41)30-22-34(40)37(35(28)30)31-13-7-6-12-26(31)18-19-33(37)39/h1-13,20-21,30,34-35,40H,18-19,22H2/t30-,34-,35-,37+/m1/s1. The topological polar surface area (TPSA) is 54.4 Å². The third-order valence-corrected chi connectivity index (χ3v) is 9.55. The Labute approximate surface area is 247 Å². The van der Waals surface area contributed by atoms with E-state index in [1.54, 1.807) is 0 Å². The van der Waals surface area contributed by atoms with Gasteiger partial charge < -0.3 is 5.11 Å². The zero-order chi connectivity index (χ0) is 28.1. The second-order valence-electron chi connectivity index (χ2n) is 11.0. The Morgan fingerprint density at radius 1 is 0.756 bits per heavy atom.